The molecule has 0 spiro atoms. The number of halogens is 2. The van der Waals surface area contributed by atoms with E-state index in [0.717, 1.165) is 5.56 Å². The molecule has 2 rings (SSSR count). The summed E-state index contributed by atoms with van der Waals surface area (Å²) >= 11 is 5.95. The molecule has 1 unspecified atom stereocenters. The molecule has 5 nitrogen and oxygen atoms in total. The van der Waals surface area contributed by atoms with Crippen LogP contribution in [0.4, 0.5) is 4.39 Å². The van der Waals surface area contributed by atoms with Crippen LogP contribution in [-0.2, 0) is 16.1 Å². The van der Waals surface area contributed by atoms with Gasteiger partial charge in [-0.3, -0.25) is 9.59 Å². The molecule has 0 aromatic heterocycles. The number of hydrogen-bond acceptors (Lipinski definition) is 3. The van der Waals surface area contributed by atoms with Crippen molar-refractivity contribution in [3.05, 3.63) is 64.9 Å². The Labute approximate surface area is 182 Å². The molecule has 1 N–H and O–H groups in total. The average molecular weight is 435 g/mol. The minimum Gasteiger partial charge on any atom is -0.481 e. The third kappa shape index (κ3) is 7.02. The zero-order valence-electron chi connectivity index (χ0n) is 17.5. The number of para-hydroxylation sites is 1. The second kappa shape index (κ2) is 11.6. The Hall–Kier alpha value is -2.60. The minimum absolute atomic E-state index is 0.00500. The number of rotatable bonds is 10. The van der Waals surface area contributed by atoms with E-state index in [9.17, 15) is 14.0 Å². The van der Waals surface area contributed by atoms with Gasteiger partial charge in [0.2, 0.25) is 5.91 Å². The lowest BCUT2D eigenvalue weighted by Gasteiger charge is -2.30. The molecule has 0 bridgehead atoms. The van der Waals surface area contributed by atoms with Gasteiger partial charge in [0.25, 0.3) is 5.91 Å². The van der Waals surface area contributed by atoms with Crippen molar-refractivity contribution in [2.24, 2.45) is 5.92 Å². The van der Waals surface area contributed by atoms with Gasteiger partial charge in [-0.1, -0.05) is 56.6 Å². The second-order valence-electron chi connectivity index (χ2n) is 7.43. The molecular formula is C23H28ClFN2O3. The first kappa shape index (κ1) is 23.7. The summed E-state index contributed by atoms with van der Waals surface area (Å²) in [5.74, 6) is -0.888. The van der Waals surface area contributed by atoms with Gasteiger partial charge in [-0.2, -0.15) is 0 Å². The molecule has 0 fully saturated rings. The van der Waals surface area contributed by atoms with Crippen LogP contribution >= 0.6 is 11.6 Å². The van der Waals surface area contributed by atoms with Gasteiger partial charge in [0, 0.05) is 18.1 Å². The predicted octanol–water partition coefficient (Wildman–Crippen LogP) is 4.44. The van der Waals surface area contributed by atoms with Gasteiger partial charge >= 0.3 is 0 Å². The Bertz CT molecular complexity index is 843. The maximum Gasteiger partial charge on any atom is 0.261 e. The highest BCUT2D eigenvalue weighted by Gasteiger charge is 2.29. The summed E-state index contributed by atoms with van der Waals surface area (Å²) in [7, 11) is 0. The third-order valence-corrected chi connectivity index (χ3v) is 4.78. The first-order chi connectivity index (χ1) is 14.3. The van der Waals surface area contributed by atoms with Gasteiger partial charge in [-0.05, 0) is 42.2 Å². The second-order valence-corrected chi connectivity index (χ2v) is 7.87. The summed E-state index contributed by atoms with van der Waals surface area (Å²) in [4.78, 5) is 27.3. The fraction of sp³-hybridized carbons (Fsp3) is 0.391. The zero-order valence-corrected chi connectivity index (χ0v) is 18.3. The molecule has 2 amide bonds. The van der Waals surface area contributed by atoms with E-state index in [4.69, 9.17) is 16.3 Å². The summed E-state index contributed by atoms with van der Waals surface area (Å²) in [6.07, 6.45) is 0.433. The Kier molecular flexibility index (Phi) is 9.12. The fourth-order valence-corrected chi connectivity index (χ4v) is 3.04. The predicted molar refractivity (Wildman–Crippen MR) is 116 cm³/mol. The van der Waals surface area contributed by atoms with Gasteiger partial charge in [0.05, 0.1) is 0 Å². The summed E-state index contributed by atoms with van der Waals surface area (Å²) in [5.41, 5.74) is 0.828. The summed E-state index contributed by atoms with van der Waals surface area (Å²) < 4.78 is 19.2. The summed E-state index contributed by atoms with van der Waals surface area (Å²) in [6, 6.07) is 12.3. The first-order valence-electron chi connectivity index (χ1n) is 10.0. The number of hydrogen-bond donors (Lipinski definition) is 1. The Morgan fingerprint density at radius 1 is 1.13 bits per heavy atom. The monoisotopic (exact) mass is 434 g/mol. The molecule has 30 heavy (non-hydrogen) atoms. The first-order valence-corrected chi connectivity index (χ1v) is 10.4. The third-order valence-electron chi connectivity index (χ3n) is 4.52. The number of ether oxygens (including phenoxy) is 1. The van der Waals surface area contributed by atoms with Gasteiger partial charge < -0.3 is 15.0 Å². The Balaban J connectivity index is 2.19. The SMILES string of the molecule is CCC(C(=O)NCC(C)C)N(Cc1ccc(Cl)cc1)C(=O)COc1ccccc1F. The molecule has 0 saturated heterocycles. The van der Waals surface area contributed by atoms with Crippen LogP contribution in [0.3, 0.4) is 0 Å². The lowest BCUT2D eigenvalue weighted by Crippen LogP contribution is -2.50. The molecule has 0 saturated carbocycles. The van der Waals surface area contributed by atoms with Crippen LogP contribution < -0.4 is 10.1 Å². The van der Waals surface area contributed by atoms with Crippen molar-refractivity contribution in [3.63, 3.8) is 0 Å². The Morgan fingerprint density at radius 2 is 1.80 bits per heavy atom. The van der Waals surface area contributed by atoms with Crippen LogP contribution in [0.5, 0.6) is 5.75 Å². The van der Waals surface area contributed by atoms with Crippen LogP contribution in [0, 0.1) is 11.7 Å². The zero-order chi connectivity index (χ0) is 22.1. The molecule has 2 aromatic rings. The van der Waals surface area contributed by atoms with Crippen molar-refractivity contribution >= 4 is 23.4 Å². The van der Waals surface area contributed by atoms with Crippen molar-refractivity contribution in [1.29, 1.82) is 0 Å². The van der Waals surface area contributed by atoms with E-state index < -0.39 is 17.8 Å². The molecule has 0 aliphatic carbocycles. The number of nitrogens with one attached hydrogen (secondary N) is 1. The molecule has 0 aliphatic rings. The maximum atomic E-state index is 13.8. The minimum atomic E-state index is -0.670. The van der Waals surface area contributed by atoms with E-state index in [1.807, 2.05) is 20.8 Å². The van der Waals surface area contributed by atoms with Gasteiger partial charge in [-0.15, -0.1) is 0 Å². The molecule has 162 valence electrons. The molecule has 0 aliphatic heterocycles. The lowest BCUT2D eigenvalue weighted by atomic mass is 10.1. The van der Waals surface area contributed by atoms with Gasteiger partial charge in [0.1, 0.15) is 6.04 Å². The topological polar surface area (TPSA) is 58.6 Å². The van der Waals surface area contributed by atoms with Crippen LogP contribution in [0.1, 0.15) is 32.8 Å². The summed E-state index contributed by atoms with van der Waals surface area (Å²) in [6.45, 7) is 6.20. The number of carbonyl (C=O) groups is 2. The van der Waals surface area contributed by atoms with Crippen LogP contribution in [0.2, 0.25) is 5.02 Å². The fourth-order valence-electron chi connectivity index (χ4n) is 2.91. The standard InChI is InChI=1S/C23H28ClFN2O3/c1-4-20(23(29)26-13-16(2)3)27(14-17-9-11-18(24)12-10-17)22(28)15-30-21-8-6-5-7-19(21)25/h5-12,16,20H,4,13-15H2,1-3H3,(H,26,29). The molecule has 0 radical (unpaired) electrons. The van der Waals surface area contributed by atoms with E-state index >= 15 is 0 Å². The van der Waals surface area contributed by atoms with E-state index in [1.165, 1.54) is 17.0 Å². The number of nitrogens with zero attached hydrogens (tertiary/aromatic N) is 1. The molecule has 7 heteroatoms. The highest BCUT2D eigenvalue weighted by Crippen LogP contribution is 2.18. The van der Waals surface area contributed by atoms with Crippen LogP contribution in [0.25, 0.3) is 0 Å². The normalized spacial score (nSPS) is 11.8. The Morgan fingerprint density at radius 3 is 2.40 bits per heavy atom. The molecule has 2 aromatic carbocycles. The van der Waals surface area contributed by atoms with E-state index in [0.29, 0.717) is 18.0 Å². The quantitative estimate of drug-likeness (QED) is 0.601. The largest absolute Gasteiger partial charge is 0.481 e. The van der Waals surface area contributed by atoms with Gasteiger partial charge in [-0.25, -0.2) is 4.39 Å². The number of carbonyl (C=O) groups excluding carboxylic acids is 2. The van der Waals surface area contributed by atoms with Gasteiger partial charge in [0.15, 0.2) is 18.2 Å². The van der Waals surface area contributed by atoms with Crippen molar-refractivity contribution < 1.29 is 18.7 Å². The highest BCUT2D eigenvalue weighted by atomic mass is 35.5. The molecule has 1 atom stereocenters. The van der Waals surface area contributed by atoms with E-state index in [1.54, 1.807) is 36.4 Å². The smallest absolute Gasteiger partial charge is 0.261 e. The van der Waals surface area contributed by atoms with Crippen LogP contribution in [0.15, 0.2) is 48.5 Å². The van der Waals surface area contributed by atoms with E-state index in [2.05, 4.69) is 5.32 Å². The molecule has 0 heterocycles. The summed E-state index contributed by atoms with van der Waals surface area (Å²) in [5, 5.41) is 3.48. The highest BCUT2D eigenvalue weighted by molar-refractivity contribution is 6.30. The van der Waals surface area contributed by atoms with Crippen molar-refractivity contribution in [3.8, 4) is 5.75 Å². The van der Waals surface area contributed by atoms with Crippen LogP contribution in [-0.4, -0.2) is 35.9 Å². The van der Waals surface area contributed by atoms with Crippen molar-refractivity contribution in [2.45, 2.75) is 39.8 Å². The van der Waals surface area contributed by atoms with Crippen molar-refractivity contribution in [2.75, 3.05) is 13.2 Å². The van der Waals surface area contributed by atoms with Crippen molar-refractivity contribution in [1.82, 2.24) is 10.2 Å². The van der Waals surface area contributed by atoms with E-state index in [-0.39, 0.29) is 30.7 Å². The average Bonchev–Trinajstić information content (AvgIpc) is 2.72. The maximum absolute atomic E-state index is 13.8. The number of benzene rings is 2. The lowest BCUT2D eigenvalue weighted by molar-refractivity contribution is -0.143. The molecular weight excluding hydrogens is 407 g/mol. The number of amides is 2.